The van der Waals surface area contributed by atoms with E-state index in [9.17, 15) is 0 Å². The minimum absolute atomic E-state index is 1.15. The zero-order chi connectivity index (χ0) is 8.68. The van der Waals surface area contributed by atoms with E-state index in [1.165, 1.54) is 31.3 Å². The molecular formula is C10H20IP. The van der Waals surface area contributed by atoms with Gasteiger partial charge in [0.05, 0.1) is 0 Å². The summed E-state index contributed by atoms with van der Waals surface area (Å²) in [6.07, 6.45) is 12.5. The normalized spacial score (nSPS) is 42.2. The molecule has 12 heavy (non-hydrogen) atoms. The van der Waals surface area contributed by atoms with Crippen molar-refractivity contribution in [1.29, 1.82) is 0 Å². The zero-order valence-electron chi connectivity index (χ0n) is 8.06. The van der Waals surface area contributed by atoms with Crippen LogP contribution in [-0.4, -0.2) is 24.6 Å². The van der Waals surface area contributed by atoms with Crippen molar-refractivity contribution < 1.29 is 0 Å². The molecule has 0 aliphatic carbocycles. The molecule has 2 heteroatoms. The van der Waals surface area contributed by atoms with Gasteiger partial charge in [0.1, 0.15) is 0 Å². The minimum atomic E-state index is -1.15. The van der Waals surface area contributed by atoms with E-state index >= 15 is 0 Å². The molecule has 72 valence electrons. The van der Waals surface area contributed by atoms with Crippen LogP contribution in [0.25, 0.3) is 0 Å². The first-order chi connectivity index (χ1) is 5.60. The van der Waals surface area contributed by atoms with Gasteiger partial charge >= 0.3 is 89.5 Å². The van der Waals surface area contributed by atoms with Gasteiger partial charge in [-0.2, -0.15) is 0 Å². The quantitative estimate of drug-likeness (QED) is 0.463. The molecule has 0 unspecified atom stereocenters. The van der Waals surface area contributed by atoms with Crippen LogP contribution in [0.15, 0.2) is 0 Å². The van der Waals surface area contributed by atoms with Crippen molar-refractivity contribution in [2.45, 2.75) is 44.2 Å². The van der Waals surface area contributed by atoms with Gasteiger partial charge in [-0.25, -0.2) is 0 Å². The fourth-order valence-electron chi connectivity index (χ4n) is 3.17. The summed E-state index contributed by atoms with van der Waals surface area (Å²) in [5, 5.41) is 0. The van der Waals surface area contributed by atoms with E-state index < -0.39 is 4.25 Å². The number of halogens is 1. The van der Waals surface area contributed by atoms with Crippen LogP contribution in [0.5, 0.6) is 0 Å². The van der Waals surface area contributed by atoms with Crippen LogP contribution >= 0.6 is 26.3 Å². The van der Waals surface area contributed by atoms with Gasteiger partial charge in [0.15, 0.2) is 0 Å². The Bertz CT molecular complexity index is 172. The molecule has 0 aromatic rings. The number of rotatable bonds is 0. The first-order valence-electron chi connectivity index (χ1n) is 5.32. The summed E-state index contributed by atoms with van der Waals surface area (Å²) < 4.78 is -1.15. The second kappa shape index (κ2) is 3.08. The van der Waals surface area contributed by atoms with Gasteiger partial charge in [0.2, 0.25) is 0 Å². The Kier molecular flexibility index (Phi) is 2.49. The average Bonchev–Trinajstić information content (AvgIpc) is 2.02. The third-order valence-corrected chi connectivity index (χ3v) is 14.9. The van der Waals surface area contributed by atoms with E-state index in [4.69, 9.17) is 0 Å². The molecule has 0 aromatic heterocycles. The van der Waals surface area contributed by atoms with Crippen LogP contribution in [0, 0.1) is 0 Å². The van der Waals surface area contributed by atoms with Gasteiger partial charge in [-0.15, -0.1) is 0 Å². The van der Waals surface area contributed by atoms with Gasteiger partial charge in [-0.05, 0) is 0 Å². The van der Waals surface area contributed by atoms with Crippen molar-refractivity contribution in [1.82, 2.24) is 0 Å². The fraction of sp³-hybridized carbons (Fsp3) is 1.00. The van der Waals surface area contributed by atoms with Gasteiger partial charge in [-0.3, -0.25) is 0 Å². The Hall–Kier alpha value is 1.16. The molecule has 2 saturated heterocycles. The molecule has 0 saturated carbocycles. The topological polar surface area (TPSA) is 0 Å². The second-order valence-corrected chi connectivity index (χ2v) is 19.3. The van der Waals surface area contributed by atoms with E-state index in [-0.39, 0.29) is 0 Å². The number of hydrogen-bond donors (Lipinski definition) is 0. The van der Waals surface area contributed by atoms with Crippen molar-refractivity contribution in [3.63, 3.8) is 0 Å². The summed E-state index contributed by atoms with van der Waals surface area (Å²) in [6.45, 7) is 2.68. The van der Waals surface area contributed by atoms with E-state index in [1.54, 1.807) is 25.2 Å². The maximum absolute atomic E-state index is 2.93. The fourth-order valence-corrected chi connectivity index (χ4v) is 11.8. The monoisotopic (exact) mass is 298 g/mol. The molecule has 0 amide bonds. The molecular weight excluding hydrogens is 278 g/mol. The zero-order valence-corrected chi connectivity index (χ0v) is 11.1. The van der Waals surface area contributed by atoms with Crippen LogP contribution in [0.4, 0.5) is 0 Å². The summed E-state index contributed by atoms with van der Waals surface area (Å²) in [4.78, 5) is 0. The molecule has 2 heterocycles. The summed E-state index contributed by atoms with van der Waals surface area (Å²) in [5.41, 5.74) is 1.17. The Labute approximate surface area is 89.3 Å². The van der Waals surface area contributed by atoms with Crippen LogP contribution in [0.1, 0.15) is 38.5 Å². The predicted molar refractivity (Wildman–Crippen MR) is 68.1 cm³/mol. The summed E-state index contributed by atoms with van der Waals surface area (Å²) >= 11 is 2.93. The van der Waals surface area contributed by atoms with Crippen molar-refractivity contribution in [3.8, 4) is 0 Å². The Balaban J connectivity index is 2.22. The first-order valence-corrected chi connectivity index (χ1v) is 11.2. The van der Waals surface area contributed by atoms with Crippen LogP contribution in [0.2, 0.25) is 0 Å². The summed E-state index contributed by atoms with van der Waals surface area (Å²) in [7, 11) is 0. The molecule has 0 aromatic carbocycles. The molecule has 2 aliphatic rings. The van der Waals surface area contributed by atoms with Crippen molar-refractivity contribution in [2.75, 3.05) is 19.0 Å². The predicted octanol–water partition coefficient (Wildman–Crippen LogP) is 4.26. The Morgan fingerprint density at radius 2 is 1.50 bits per heavy atom. The molecule has 0 radical (unpaired) electrons. The van der Waals surface area contributed by atoms with Gasteiger partial charge in [0, 0.05) is 0 Å². The van der Waals surface area contributed by atoms with Gasteiger partial charge in [0.25, 0.3) is 0 Å². The molecule has 2 rings (SSSR count). The third kappa shape index (κ3) is 1.56. The molecule has 0 atom stereocenters. The van der Waals surface area contributed by atoms with Crippen molar-refractivity contribution in [3.05, 3.63) is 0 Å². The summed E-state index contributed by atoms with van der Waals surface area (Å²) in [6, 6.07) is 0. The molecule has 0 bridgehead atoms. The first kappa shape index (κ1) is 9.71. The van der Waals surface area contributed by atoms with E-state index in [2.05, 4.69) is 28.7 Å². The summed E-state index contributed by atoms with van der Waals surface area (Å²) in [5.74, 6) is 0. The van der Waals surface area contributed by atoms with Crippen molar-refractivity contribution >= 4 is 26.3 Å². The third-order valence-electron chi connectivity index (χ3n) is 4.10. The molecule has 0 N–H and O–H groups in total. The van der Waals surface area contributed by atoms with Crippen molar-refractivity contribution in [2.24, 2.45) is 0 Å². The number of fused-ring (bicyclic) bond motifs is 1. The van der Waals surface area contributed by atoms with Crippen LogP contribution in [0.3, 0.4) is 0 Å². The van der Waals surface area contributed by atoms with E-state index in [0.717, 1.165) is 0 Å². The standard InChI is InChI=1S/C10H20IP/c1-12(11)8-4-2-6-10(12)7-3-5-9-12/h10H,2-9H2,1H3. The molecule has 2 fully saturated rings. The van der Waals surface area contributed by atoms with E-state index in [1.807, 2.05) is 0 Å². The Morgan fingerprint density at radius 1 is 1.00 bits per heavy atom. The van der Waals surface area contributed by atoms with Gasteiger partial charge in [-0.1, -0.05) is 0 Å². The van der Waals surface area contributed by atoms with Crippen LogP contribution < -0.4 is 0 Å². The van der Waals surface area contributed by atoms with Gasteiger partial charge < -0.3 is 0 Å². The molecule has 2 aliphatic heterocycles. The maximum atomic E-state index is 2.93. The average molecular weight is 298 g/mol. The second-order valence-electron chi connectivity index (χ2n) is 5.08. The van der Waals surface area contributed by atoms with Crippen LogP contribution in [-0.2, 0) is 0 Å². The molecule has 0 nitrogen and oxygen atoms in total. The molecule has 0 spiro atoms. The Morgan fingerprint density at radius 3 is 1.92 bits per heavy atom. The van der Waals surface area contributed by atoms with E-state index in [0.29, 0.717) is 0 Å². The number of hydrogen-bond acceptors (Lipinski definition) is 0. The SMILES string of the molecule is CP12(I)CCCCC1CCCC2.